The maximum atomic E-state index is 6.73. The lowest BCUT2D eigenvalue weighted by molar-refractivity contribution is 0.669. The highest BCUT2D eigenvalue weighted by Gasteiger charge is 2.22. The van der Waals surface area contributed by atoms with Crippen LogP contribution in [0.1, 0.15) is 0 Å². The molecule has 0 bridgehead atoms. The zero-order valence-electron chi connectivity index (χ0n) is 26.3. The van der Waals surface area contributed by atoms with E-state index in [9.17, 15) is 0 Å². The van der Waals surface area contributed by atoms with Crippen LogP contribution in [0.2, 0.25) is 0 Å². The van der Waals surface area contributed by atoms with Gasteiger partial charge in [-0.05, 0) is 86.6 Å². The average Bonchev–Trinajstić information content (AvgIpc) is 3.56. The van der Waals surface area contributed by atoms with E-state index in [1.165, 1.54) is 44.2 Å². The first kappa shape index (κ1) is 27.9. The summed E-state index contributed by atoms with van der Waals surface area (Å²) in [4.78, 5) is 2.37. The fraction of sp³-hybridized carbons (Fsp3) is 0. The smallest absolute Gasteiger partial charge is 0.137 e. The number of nitrogens with zero attached hydrogens (tertiary/aromatic N) is 1. The third-order valence-electron chi connectivity index (χ3n) is 9.25. The van der Waals surface area contributed by atoms with Gasteiger partial charge in [-0.1, -0.05) is 146 Å². The molecule has 9 rings (SSSR count). The molecule has 2 heteroatoms. The maximum absolute atomic E-state index is 6.73. The molecule has 0 unspecified atom stereocenters. The van der Waals surface area contributed by atoms with Crippen LogP contribution in [0, 0.1) is 0 Å². The highest BCUT2D eigenvalue weighted by atomic mass is 16.3. The highest BCUT2D eigenvalue weighted by Crippen LogP contribution is 2.47. The summed E-state index contributed by atoms with van der Waals surface area (Å²) in [5, 5.41) is 4.61. The second kappa shape index (κ2) is 11.8. The Hall–Kier alpha value is -6.38. The fourth-order valence-electron chi connectivity index (χ4n) is 7.02. The Kier molecular flexibility index (Phi) is 6.84. The summed E-state index contributed by atoms with van der Waals surface area (Å²) in [5.74, 6) is 0. The summed E-state index contributed by atoms with van der Waals surface area (Å²) < 4.78 is 6.73. The van der Waals surface area contributed by atoms with Gasteiger partial charge in [-0.3, -0.25) is 0 Å². The summed E-state index contributed by atoms with van der Waals surface area (Å²) in [6.45, 7) is 0. The molecule has 0 saturated heterocycles. The summed E-state index contributed by atoms with van der Waals surface area (Å²) >= 11 is 0. The predicted molar refractivity (Wildman–Crippen MR) is 202 cm³/mol. The summed E-state index contributed by atoms with van der Waals surface area (Å²) in [6, 6.07) is 66.7. The van der Waals surface area contributed by atoms with Gasteiger partial charge in [0.15, 0.2) is 0 Å². The van der Waals surface area contributed by atoms with Crippen molar-refractivity contribution in [2.45, 2.75) is 0 Å². The Labute approximate surface area is 279 Å². The van der Waals surface area contributed by atoms with Crippen molar-refractivity contribution in [3.63, 3.8) is 0 Å². The molecule has 0 aliphatic rings. The lowest BCUT2D eigenvalue weighted by Crippen LogP contribution is -2.10. The van der Waals surface area contributed by atoms with Crippen LogP contribution in [-0.4, -0.2) is 0 Å². The number of anilines is 3. The molecule has 0 aliphatic carbocycles. The van der Waals surface area contributed by atoms with Gasteiger partial charge in [-0.15, -0.1) is 0 Å². The van der Waals surface area contributed by atoms with Crippen molar-refractivity contribution in [1.82, 2.24) is 0 Å². The second-order valence-corrected chi connectivity index (χ2v) is 12.1. The largest absolute Gasteiger partial charge is 0.456 e. The molecular weight excluding hydrogens is 583 g/mol. The Bertz CT molecular complexity index is 2530. The van der Waals surface area contributed by atoms with Gasteiger partial charge >= 0.3 is 0 Å². The predicted octanol–water partition coefficient (Wildman–Crippen LogP) is 13.2. The van der Waals surface area contributed by atoms with Crippen molar-refractivity contribution < 1.29 is 4.42 Å². The molecule has 0 spiro atoms. The van der Waals surface area contributed by atoms with Crippen LogP contribution in [0.5, 0.6) is 0 Å². The van der Waals surface area contributed by atoms with Crippen LogP contribution >= 0.6 is 0 Å². The lowest BCUT2D eigenvalue weighted by atomic mass is 9.94. The molecule has 0 aliphatic heterocycles. The highest BCUT2D eigenvalue weighted by molar-refractivity contribution is 6.25. The topological polar surface area (TPSA) is 16.4 Å². The molecular formula is C46H31NO. The Balaban J connectivity index is 1.31. The van der Waals surface area contributed by atoms with Crippen LogP contribution in [0.15, 0.2) is 192 Å². The van der Waals surface area contributed by atoms with Crippen LogP contribution < -0.4 is 4.90 Å². The zero-order chi connectivity index (χ0) is 31.9. The third kappa shape index (κ3) is 4.83. The minimum absolute atomic E-state index is 0.864. The van der Waals surface area contributed by atoms with Crippen molar-refractivity contribution in [1.29, 1.82) is 0 Å². The van der Waals surface area contributed by atoms with Gasteiger partial charge in [0.2, 0.25) is 0 Å². The molecule has 0 N–H and O–H groups in total. The standard InChI is InChI=1S/C46H31NO/c1-4-14-32(15-5-1)34-26-28-37(29-27-34)47(38-21-12-20-36(30-38)33-16-6-2-7-17-33)42-24-13-25-43-46(42)45-40-23-11-10-22-39(40)41(31-44(45)48-43)35-18-8-3-9-19-35/h1-31H. The third-order valence-corrected chi connectivity index (χ3v) is 9.25. The quantitative estimate of drug-likeness (QED) is 0.185. The van der Waals surface area contributed by atoms with Crippen molar-refractivity contribution in [3.05, 3.63) is 188 Å². The number of fused-ring (bicyclic) bond motifs is 5. The fourth-order valence-corrected chi connectivity index (χ4v) is 7.02. The summed E-state index contributed by atoms with van der Waals surface area (Å²) in [7, 11) is 0. The van der Waals surface area contributed by atoms with E-state index in [1.807, 2.05) is 0 Å². The SMILES string of the molecule is c1ccc(-c2ccc(N(c3cccc(-c4ccccc4)c3)c3cccc4oc5cc(-c6ccccc6)c6ccccc6c5c34)cc2)cc1. The van der Waals surface area contributed by atoms with Crippen LogP contribution in [0.25, 0.3) is 66.1 Å². The van der Waals surface area contributed by atoms with Gasteiger partial charge in [-0.25, -0.2) is 0 Å². The number of hydrogen-bond donors (Lipinski definition) is 0. The molecule has 0 amide bonds. The Morgan fingerprint density at radius 2 is 0.896 bits per heavy atom. The van der Waals surface area contributed by atoms with E-state index in [0.29, 0.717) is 0 Å². The zero-order valence-corrected chi connectivity index (χ0v) is 26.3. The molecule has 8 aromatic carbocycles. The molecule has 0 fully saturated rings. The molecule has 0 atom stereocenters. The number of hydrogen-bond acceptors (Lipinski definition) is 2. The van der Waals surface area contributed by atoms with Crippen LogP contribution in [-0.2, 0) is 0 Å². The first-order chi connectivity index (χ1) is 23.8. The first-order valence-electron chi connectivity index (χ1n) is 16.4. The summed E-state index contributed by atoms with van der Waals surface area (Å²) in [6.07, 6.45) is 0. The van der Waals surface area contributed by atoms with E-state index in [-0.39, 0.29) is 0 Å². The van der Waals surface area contributed by atoms with Crippen molar-refractivity contribution in [3.8, 4) is 33.4 Å². The van der Waals surface area contributed by atoms with E-state index < -0.39 is 0 Å². The van der Waals surface area contributed by atoms with Crippen LogP contribution in [0.4, 0.5) is 17.1 Å². The van der Waals surface area contributed by atoms with E-state index in [4.69, 9.17) is 4.42 Å². The van der Waals surface area contributed by atoms with Gasteiger partial charge in [0.1, 0.15) is 11.2 Å². The maximum Gasteiger partial charge on any atom is 0.137 e. The number of rotatable bonds is 6. The molecule has 226 valence electrons. The summed E-state index contributed by atoms with van der Waals surface area (Å²) in [5.41, 5.74) is 12.1. The van der Waals surface area contributed by atoms with Gasteiger partial charge in [-0.2, -0.15) is 0 Å². The molecule has 48 heavy (non-hydrogen) atoms. The first-order valence-corrected chi connectivity index (χ1v) is 16.4. The monoisotopic (exact) mass is 613 g/mol. The molecule has 0 saturated carbocycles. The molecule has 2 nitrogen and oxygen atoms in total. The van der Waals surface area contributed by atoms with E-state index >= 15 is 0 Å². The van der Waals surface area contributed by atoms with Crippen molar-refractivity contribution in [2.75, 3.05) is 4.90 Å². The Morgan fingerprint density at radius 3 is 1.60 bits per heavy atom. The van der Waals surface area contributed by atoms with E-state index in [2.05, 4.69) is 193 Å². The molecule has 0 radical (unpaired) electrons. The molecule has 9 aromatic rings. The minimum Gasteiger partial charge on any atom is -0.456 e. The second-order valence-electron chi connectivity index (χ2n) is 12.1. The number of benzene rings is 8. The number of furan rings is 1. The van der Waals surface area contributed by atoms with Crippen molar-refractivity contribution in [2.24, 2.45) is 0 Å². The normalized spacial score (nSPS) is 11.3. The van der Waals surface area contributed by atoms with Crippen LogP contribution in [0.3, 0.4) is 0 Å². The van der Waals surface area contributed by atoms with Gasteiger partial charge < -0.3 is 9.32 Å². The average molecular weight is 614 g/mol. The Morgan fingerprint density at radius 1 is 0.333 bits per heavy atom. The molecule has 1 heterocycles. The van der Waals surface area contributed by atoms with Gasteiger partial charge in [0.05, 0.1) is 11.1 Å². The van der Waals surface area contributed by atoms with Crippen molar-refractivity contribution >= 4 is 49.8 Å². The van der Waals surface area contributed by atoms with E-state index in [0.717, 1.165) is 39.0 Å². The lowest BCUT2D eigenvalue weighted by Gasteiger charge is -2.27. The van der Waals surface area contributed by atoms with E-state index in [1.54, 1.807) is 0 Å². The van der Waals surface area contributed by atoms with Gasteiger partial charge in [0, 0.05) is 16.8 Å². The van der Waals surface area contributed by atoms with Gasteiger partial charge in [0.25, 0.3) is 0 Å². The molecule has 1 aromatic heterocycles. The minimum atomic E-state index is 0.864.